The maximum atomic E-state index is 14.3. The molecule has 2 aliphatic rings. The molecule has 4 rings (SSSR count). The minimum Gasteiger partial charge on any atom is -0.490 e. The van der Waals surface area contributed by atoms with Crippen LogP contribution in [0.15, 0.2) is 48.5 Å². The Hall–Kier alpha value is -3.43. The van der Waals surface area contributed by atoms with E-state index >= 15 is 0 Å². The first-order valence-electron chi connectivity index (χ1n) is 16.6. The van der Waals surface area contributed by atoms with Crippen molar-refractivity contribution in [2.24, 2.45) is 11.8 Å². The normalized spacial score (nSPS) is 22.8. The summed E-state index contributed by atoms with van der Waals surface area (Å²) < 4.78 is 12.7. The highest BCUT2D eigenvalue weighted by Crippen LogP contribution is 2.30. The molecule has 9 heteroatoms. The topological polar surface area (TPSA) is 108 Å². The third-order valence-electron chi connectivity index (χ3n) is 9.12. The predicted octanol–water partition coefficient (Wildman–Crippen LogP) is 5.77. The Morgan fingerprint density at radius 3 is 2.44 bits per heavy atom. The van der Waals surface area contributed by atoms with Crippen LogP contribution in [0.3, 0.4) is 0 Å². The second-order valence-electron chi connectivity index (χ2n) is 12.9. The van der Waals surface area contributed by atoms with Crippen LogP contribution in [0.25, 0.3) is 0 Å². The van der Waals surface area contributed by atoms with Crippen LogP contribution in [-0.4, -0.2) is 84.2 Å². The quantitative estimate of drug-likeness (QED) is 0.406. The summed E-state index contributed by atoms with van der Waals surface area (Å²) in [5.41, 5.74) is 1.51. The summed E-state index contributed by atoms with van der Waals surface area (Å²) in [7, 11) is 1.77. The summed E-state index contributed by atoms with van der Waals surface area (Å²) >= 11 is 0. The fourth-order valence-electron chi connectivity index (χ4n) is 6.23. The van der Waals surface area contributed by atoms with Crippen LogP contribution in [-0.2, 0) is 9.53 Å². The van der Waals surface area contributed by atoms with Crippen LogP contribution in [0.1, 0.15) is 92.9 Å². The van der Waals surface area contributed by atoms with Crippen molar-refractivity contribution in [2.75, 3.05) is 38.7 Å². The fraction of sp³-hybridized carbons (Fsp3) is 0.583. The molecule has 9 nitrogen and oxygen atoms in total. The van der Waals surface area contributed by atoms with Crippen molar-refractivity contribution in [2.45, 2.75) is 90.4 Å². The lowest BCUT2D eigenvalue weighted by Gasteiger charge is -2.36. The lowest BCUT2D eigenvalue weighted by molar-refractivity contribution is -0.120. The largest absolute Gasteiger partial charge is 0.490 e. The number of benzene rings is 2. The van der Waals surface area contributed by atoms with Gasteiger partial charge < -0.3 is 29.7 Å². The predicted molar refractivity (Wildman–Crippen MR) is 175 cm³/mol. The third kappa shape index (κ3) is 9.53. The van der Waals surface area contributed by atoms with E-state index in [9.17, 15) is 19.5 Å². The molecule has 1 fully saturated rings. The minimum absolute atomic E-state index is 0.0133. The van der Waals surface area contributed by atoms with Gasteiger partial charge in [0.15, 0.2) is 0 Å². The Balaban J connectivity index is 1.61. The van der Waals surface area contributed by atoms with Gasteiger partial charge in [-0.1, -0.05) is 44.4 Å². The van der Waals surface area contributed by atoms with Gasteiger partial charge in [-0.05, 0) is 76.3 Å². The number of carbonyl (C=O) groups is 3. The molecule has 1 saturated carbocycles. The number of carbonyl (C=O) groups excluding carboxylic acids is 3. The summed E-state index contributed by atoms with van der Waals surface area (Å²) in [6, 6.07) is 14.0. The summed E-state index contributed by atoms with van der Waals surface area (Å²) in [4.78, 5) is 43.9. The number of nitrogens with one attached hydrogen (secondary N) is 1. The van der Waals surface area contributed by atoms with Gasteiger partial charge in [0.1, 0.15) is 5.75 Å². The zero-order valence-electron chi connectivity index (χ0n) is 27.4. The molecule has 0 spiro atoms. The van der Waals surface area contributed by atoms with Crippen molar-refractivity contribution in [1.82, 2.24) is 9.80 Å². The van der Waals surface area contributed by atoms with E-state index < -0.39 is 6.04 Å². The van der Waals surface area contributed by atoms with Gasteiger partial charge in [-0.25, -0.2) is 0 Å². The van der Waals surface area contributed by atoms with Gasteiger partial charge in [0.05, 0.1) is 30.4 Å². The minimum atomic E-state index is -0.483. The summed E-state index contributed by atoms with van der Waals surface area (Å²) in [5, 5.41) is 13.3. The van der Waals surface area contributed by atoms with E-state index in [1.54, 1.807) is 47.2 Å². The highest BCUT2D eigenvalue weighted by molar-refractivity contribution is 6.00. The van der Waals surface area contributed by atoms with Gasteiger partial charge in [-0.3, -0.25) is 14.4 Å². The van der Waals surface area contributed by atoms with E-state index in [0.717, 1.165) is 51.4 Å². The number of aliphatic hydroxyl groups is 1. The highest BCUT2D eigenvalue weighted by atomic mass is 16.5. The van der Waals surface area contributed by atoms with Crippen LogP contribution < -0.4 is 10.1 Å². The molecule has 0 unspecified atom stereocenters. The molecule has 0 radical (unpaired) electrons. The molecule has 1 heterocycles. The molecule has 2 aromatic carbocycles. The van der Waals surface area contributed by atoms with Gasteiger partial charge in [0.25, 0.3) is 11.8 Å². The first-order valence-corrected chi connectivity index (χ1v) is 16.6. The van der Waals surface area contributed by atoms with Crippen LogP contribution in [0.4, 0.5) is 5.69 Å². The summed E-state index contributed by atoms with van der Waals surface area (Å²) in [6.07, 6.45) is 7.05. The van der Waals surface area contributed by atoms with E-state index in [1.807, 2.05) is 39.0 Å². The number of rotatable bonds is 7. The number of hydrogen-bond acceptors (Lipinski definition) is 6. The lowest BCUT2D eigenvalue weighted by Crippen LogP contribution is -2.48. The van der Waals surface area contributed by atoms with E-state index in [-0.39, 0.29) is 48.4 Å². The van der Waals surface area contributed by atoms with E-state index in [1.165, 1.54) is 0 Å². The smallest absolute Gasteiger partial charge is 0.258 e. The van der Waals surface area contributed by atoms with Crippen molar-refractivity contribution < 1.29 is 29.0 Å². The van der Waals surface area contributed by atoms with Crippen molar-refractivity contribution in [3.05, 3.63) is 59.7 Å². The van der Waals surface area contributed by atoms with Crippen LogP contribution in [0, 0.1) is 11.8 Å². The van der Waals surface area contributed by atoms with E-state index in [4.69, 9.17) is 9.47 Å². The molecule has 0 bridgehead atoms. The maximum absolute atomic E-state index is 14.3. The van der Waals surface area contributed by atoms with Gasteiger partial charge in [-0.15, -0.1) is 0 Å². The standard InChI is InChI=1S/C36H51N3O6/c1-25-22-39(26(2)24-40)36(43)31-21-30(37-34(41)28-14-7-5-8-15-28)18-19-32(31)45-27(3)13-11-12-20-44-33(25)23-38(4)35(42)29-16-9-6-10-17-29/h6,9-10,16-19,21,25-28,33,40H,5,7-8,11-15,20,22-24H2,1-4H3,(H,37,41)/t25-,26+,27+,33+/m1/s1. The lowest BCUT2D eigenvalue weighted by atomic mass is 9.88. The molecule has 45 heavy (non-hydrogen) atoms. The Kier molecular flexibility index (Phi) is 12.8. The number of fused-ring (bicyclic) bond motifs is 1. The van der Waals surface area contributed by atoms with Crippen LogP contribution >= 0.6 is 0 Å². The van der Waals surface area contributed by atoms with Crippen molar-refractivity contribution in [3.63, 3.8) is 0 Å². The molecule has 3 amide bonds. The molecule has 246 valence electrons. The van der Waals surface area contributed by atoms with Gasteiger partial charge in [-0.2, -0.15) is 0 Å². The van der Waals surface area contributed by atoms with Crippen LogP contribution in [0.2, 0.25) is 0 Å². The Morgan fingerprint density at radius 2 is 1.73 bits per heavy atom. The SMILES string of the molecule is C[C@@H]1CN([C@@H](C)CO)C(=O)c2cc(NC(=O)C3CCCCC3)ccc2O[C@@H](C)CCCCO[C@H]1CN(C)C(=O)c1ccccc1. The average Bonchev–Trinajstić information content (AvgIpc) is 3.06. The second-order valence-corrected chi connectivity index (χ2v) is 12.9. The number of anilines is 1. The van der Waals surface area contributed by atoms with Gasteiger partial charge in [0.2, 0.25) is 5.91 Å². The van der Waals surface area contributed by atoms with Crippen LogP contribution in [0.5, 0.6) is 5.75 Å². The van der Waals surface area contributed by atoms with Gasteiger partial charge >= 0.3 is 0 Å². The molecule has 1 aliphatic heterocycles. The number of aliphatic hydroxyl groups excluding tert-OH is 1. The molecule has 0 saturated heterocycles. The maximum Gasteiger partial charge on any atom is 0.258 e. The Bertz CT molecular complexity index is 1260. The molecule has 2 aromatic rings. The molecule has 4 atom stereocenters. The zero-order valence-corrected chi connectivity index (χ0v) is 27.4. The summed E-state index contributed by atoms with van der Waals surface area (Å²) in [6.45, 7) is 6.78. The molecule has 1 aliphatic carbocycles. The fourth-order valence-corrected chi connectivity index (χ4v) is 6.23. The Labute approximate surface area is 268 Å². The van der Waals surface area contributed by atoms with E-state index in [0.29, 0.717) is 42.3 Å². The van der Waals surface area contributed by atoms with Crippen molar-refractivity contribution >= 4 is 23.4 Å². The number of amides is 3. The zero-order chi connectivity index (χ0) is 32.3. The molecule has 0 aromatic heterocycles. The number of likely N-dealkylation sites (N-methyl/N-ethyl adjacent to an activating group) is 1. The molecular weight excluding hydrogens is 570 g/mol. The van der Waals surface area contributed by atoms with E-state index in [2.05, 4.69) is 5.32 Å². The molecule has 2 N–H and O–H groups in total. The monoisotopic (exact) mass is 621 g/mol. The number of ether oxygens (including phenoxy) is 2. The summed E-state index contributed by atoms with van der Waals surface area (Å²) in [5.74, 6) is -0.108. The second kappa shape index (κ2) is 16.8. The number of nitrogens with zero attached hydrogens (tertiary/aromatic N) is 2. The highest BCUT2D eigenvalue weighted by Gasteiger charge is 2.31. The van der Waals surface area contributed by atoms with Crippen molar-refractivity contribution in [1.29, 1.82) is 0 Å². The third-order valence-corrected chi connectivity index (χ3v) is 9.12. The van der Waals surface area contributed by atoms with Gasteiger partial charge in [0, 0.05) is 49.8 Å². The molecular formula is C36H51N3O6. The van der Waals surface area contributed by atoms with Crippen molar-refractivity contribution in [3.8, 4) is 5.75 Å². The first-order chi connectivity index (χ1) is 21.7. The Morgan fingerprint density at radius 1 is 1.02 bits per heavy atom. The average molecular weight is 622 g/mol. The number of hydrogen-bond donors (Lipinski definition) is 2. The first kappa shape index (κ1) is 34.4.